The number of allylic oxidation sites excluding steroid dienone is 1. The molecule has 0 aromatic rings. The van der Waals surface area contributed by atoms with Crippen LogP contribution >= 0.6 is 0 Å². The second-order valence-corrected chi connectivity index (χ2v) is 7.26. The van der Waals surface area contributed by atoms with E-state index in [9.17, 15) is 9.59 Å². The van der Waals surface area contributed by atoms with Crippen molar-refractivity contribution in [3.63, 3.8) is 0 Å². The molecule has 6 heteroatoms. The largest absolute Gasteiger partial charge is 0.481 e. The van der Waals surface area contributed by atoms with Crippen LogP contribution in [0.4, 0.5) is 0 Å². The van der Waals surface area contributed by atoms with Crippen molar-refractivity contribution in [2.24, 2.45) is 0 Å². The van der Waals surface area contributed by atoms with Crippen molar-refractivity contribution in [3.8, 4) is 0 Å². The number of hydrogen-bond donors (Lipinski definition) is 1. The number of carboxylic acids is 1. The second-order valence-electron chi connectivity index (χ2n) is 7.26. The van der Waals surface area contributed by atoms with Crippen LogP contribution in [0.5, 0.6) is 0 Å². The molecule has 1 saturated heterocycles. The minimum atomic E-state index is -0.758. The fraction of sp³-hybridized carbons (Fsp3) is 0.810. The van der Waals surface area contributed by atoms with Gasteiger partial charge in [-0.15, -0.1) is 0 Å². The normalized spacial score (nSPS) is 19.7. The molecule has 1 N–H and O–H groups in total. The van der Waals surface area contributed by atoms with E-state index >= 15 is 0 Å². The molecule has 6 nitrogen and oxygen atoms in total. The Bertz CT molecular complexity index is 473. The first-order chi connectivity index (χ1) is 13.0. The first-order valence-corrected chi connectivity index (χ1v) is 10.2. The second kappa shape index (κ2) is 13.0. The van der Waals surface area contributed by atoms with Gasteiger partial charge in [0.2, 0.25) is 0 Å². The Balaban J connectivity index is 2.55. The standard InChI is InChI=1S/C21H37NO5/c1-4-5-8-11-18(23)14-16-22-17-15-21(26-2,27-3)19(22)12-9-6-7-10-13-20(24)25/h6,9,19H,4-5,7-8,10-17H2,1-3H3,(H,24,25)/t19-/m0/s1. The highest BCUT2D eigenvalue weighted by Crippen LogP contribution is 2.35. The van der Waals surface area contributed by atoms with Gasteiger partial charge >= 0.3 is 5.97 Å². The van der Waals surface area contributed by atoms with E-state index in [1.165, 1.54) is 0 Å². The predicted molar refractivity (Wildman–Crippen MR) is 106 cm³/mol. The van der Waals surface area contributed by atoms with Gasteiger partial charge in [0, 0.05) is 53.0 Å². The number of ketones is 1. The summed E-state index contributed by atoms with van der Waals surface area (Å²) in [4.78, 5) is 25.0. The number of rotatable bonds is 15. The van der Waals surface area contributed by atoms with Crippen molar-refractivity contribution < 1.29 is 24.2 Å². The summed E-state index contributed by atoms with van der Waals surface area (Å²) in [6.45, 7) is 3.72. The number of methoxy groups -OCH3 is 2. The molecule has 0 amide bonds. The van der Waals surface area contributed by atoms with Gasteiger partial charge < -0.3 is 14.6 Å². The topological polar surface area (TPSA) is 76.1 Å². The van der Waals surface area contributed by atoms with Crippen LogP contribution in [0.25, 0.3) is 0 Å². The quantitative estimate of drug-likeness (QED) is 0.263. The van der Waals surface area contributed by atoms with E-state index < -0.39 is 11.8 Å². The van der Waals surface area contributed by atoms with Gasteiger partial charge in [0.15, 0.2) is 5.79 Å². The fourth-order valence-electron chi connectivity index (χ4n) is 3.74. The molecule has 27 heavy (non-hydrogen) atoms. The van der Waals surface area contributed by atoms with E-state index in [1.807, 2.05) is 6.08 Å². The van der Waals surface area contributed by atoms with Gasteiger partial charge in [0.1, 0.15) is 5.78 Å². The molecule has 156 valence electrons. The summed E-state index contributed by atoms with van der Waals surface area (Å²) in [7, 11) is 3.35. The third kappa shape index (κ3) is 8.11. The highest BCUT2D eigenvalue weighted by Gasteiger charge is 2.47. The number of ether oxygens (including phenoxy) is 2. The number of unbranched alkanes of at least 4 members (excludes halogenated alkanes) is 3. The van der Waals surface area contributed by atoms with Gasteiger partial charge in [-0.2, -0.15) is 0 Å². The summed E-state index contributed by atoms with van der Waals surface area (Å²) >= 11 is 0. The third-order valence-electron chi connectivity index (χ3n) is 5.41. The van der Waals surface area contributed by atoms with Crippen LogP contribution in [0.15, 0.2) is 12.2 Å². The predicted octanol–water partition coefficient (Wildman–Crippen LogP) is 3.79. The van der Waals surface area contributed by atoms with Gasteiger partial charge in [0.25, 0.3) is 0 Å². The third-order valence-corrected chi connectivity index (χ3v) is 5.41. The number of carbonyl (C=O) groups excluding carboxylic acids is 1. The zero-order valence-corrected chi connectivity index (χ0v) is 17.2. The number of aliphatic carboxylic acids is 1. The van der Waals surface area contributed by atoms with E-state index in [0.29, 0.717) is 25.0 Å². The van der Waals surface area contributed by atoms with Crippen LogP contribution < -0.4 is 0 Å². The van der Waals surface area contributed by atoms with Crippen molar-refractivity contribution in [3.05, 3.63) is 12.2 Å². The molecule has 1 fully saturated rings. The summed E-state index contributed by atoms with van der Waals surface area (Å²) in [5.41, 5.74) is 0. The molecule has 1 aliphatic rings. The number of carboxylic acid groups (broad SMARTS) is 1. The van der Waals surface area contributed by atoms with E-state index in [1.54, 1.807) is 14.2 Å². The van der Waals surface area contributed by atoms with Gasteiger partial charge in [-0.25, -0.2) is 0 Å². The Morgan fingerprint density at radius 2 is 1.85 bits per heavy atom. The molecule has 0 saturated carbocycles. The Morgan fingerprint density at radius 1 is 1.11 bits per heavy atom. The molecule has 0 aromatic carbocycles. The van der Waals surface area contributed by atoms with E-state index in [0.717, 1.165) is 51.6 Å². The highest BCUT2D eigenvalue weighted by molar-refractivity contribution is 5.78. The summed E-state index contributed by atoms with van der Waals surface area (Å²) in [6.07, 6.45) is 11.7. The Morgan fingerprint density at radius 3 is 2.48 bits per heavy atom. The number of Topliss-reactive ketones (excluding diaryl/α,β-unsaturated/α-hetero) is 1. The SMILES string of the molecule is CCCCCC(=O)CCN1CCC(OC)(OC)[C@@H]1CC=CCCCC(=O)O. The first-order valence-electron chi connectivity index (χ1n) is 10.2. The molecule has 1 atom stereocenters. The Hall–Kier alpha value is -1.24. The minimum absolute atomic E-state index is 0.0617. The van der Waals surface area contributed by atoms with Crippen LogP contribution in [0.1, 0.15) is 71.1 Å². The molecule has 1 heterocycles. The summed E-state index contributed by atoms with van der Waals surface area (Å²) in [6, 6.07) is 0.0617. The molecule has 0 radical (unpaired) electrons. The lowest BCUT2D eigenvalue weighted by atomic mass is 10.0. The average Bonchev–Trinajstić information content (AvgIpc) is 3.01. The van der Waals surface area contributed by atoms with Crippen molar-refractivity contribution in [1.82, 2.24) is 4.90 Å². The van der Waals surface area contributed by atoms with E-state index in [4.69, 9.17) is 14.6 Å². The maximum Gasteiger partial charge on any atom is 0.303 e. The number of nitrogens with zero attached hydrogens (tertiary/aromatic N) is 1. The monoisotopic (exact) mass is 383 g/mol. The van der Waals surface area contributed by atoms with Crippen LogP contribution in [0.2, 0.25) is 0 Å². The van der Waals surface area contributed by atoms with Gasteiger partial charge in [-0.05, 0) is 25.7 Å². The minimum Gasteiger partial charge on any atom is -0.481 e. The maximum atomic E-state index is 12.1. The highest BCUT2D eigenvalue weighted by atomic mass is 16.7. The number of carbonyl (C=O) groups is 2. The summed E-state index contributed by atoms with van der Waals surface area (Å²) < 4.78 is 11.5. The van der Waals surface area contributed by atoms with Crippen molar-refractivity contribution in [2.75, 3.05) is 27.3 Å². The Kier molecular flexibility index (Phi) is 11.5. The lowest BCUT2D eigenvalue weighted by Crippen LogP contribution is -2.47. The van der Waals surface area contributed by atoms with E-state index in [2.05, 4.69) is 17.9 Å². The van der Waals surface area contributed by atoms with Gasteiger partial charge in [-0.3, -0.25) is 14.5 Å². The zero-order valence-electron chi connectivity index (χ0n) is 17.2. The molecule has 0 bridgehead atoms. The lowest BCUT2D eigenvalue weighted by Gasteiger charge is -2.35. The molecule has 1 aliphatic heterocycles. The Labute approximate surface area is 163 Å². The van der Waals surface area contributed by atoms with Gasteiger partial charge in [-0.1, -0.05) is 31.9 Å². The van der Waals surface area contributed by atoms with Crippen molar-refractivity contribution in [2.45, 2.75) is 83.0 Å². The van der Waals surface area contributed by atoms with Crippen molar-refractivity contribution >= 4 is 11.8 Å². The van der Waals surface area contributed by atoms with Crippen molar-refractivity contribution in [1.29, 1.82) is 0 Å². The molecule has 0 aliphatic carbocycles. The van der Waals surface area contributed by atoms with Gasteiger partial charge in [0.05, 0.1) is 6.04 Å². The fourth-order valence-corrected chi connectivity index (χ4v) is 3.74. The van der Waals surface area contributed by atoms with Crippen LogP contribution in [-0.2, 0) is 19.1 Å². The summed E-state index contributed by atoms with van der Waals surface area (Å²) in [5.74, 6) is -1.07. The molecule has 0 spiro atoms. The number of hydrogen-bond acceptors (Lipinski definition) is 5. The zero-order chi connectivity index (χ0) is 20.1. The first kappa shape index (κ1) is 23.8. The summed E-state index contributed by atoms with van der Waals surface area (Å²) in [5, 5.41) is 8.69. The molecular weight excluding hydrogens is 346 g/mol. The molecule has 0 unspecified atom stereocenters. The van der Waals surface area contributed by atoms with Crippen LogP contribution in [-0.4, -0.2) is 60.9 Å². The smallest absolute Gasteiger partial charge is 0.303 e. The molecule has 1 rings (SSSR count). The van der Waals surface area contributed by atoms with Crippen LogP contribution in [0.3, 0.4) is 0 Å². The van der Waals surface area contributed by atoms with E-state index in [-0.39, 0.29) is 12.5 Å². The number of likely N-dealkylation sites (tertiary alicyclic amines) is 1. The molecular formula is C21H37NO5. The molecule has 0 aromatic heterocycles. The van der Waals surface area contributed by atoms with Crippen LogP contribution in [0, 0.1) is 0 Å². The lowest BCUT2D eigenvalue weighted by molar-refractivity contribution is -0.218. The maximum absolute atomic E-state index is 12.1. The average molecular weight is 384 g/mol.